The summed E-state index contributed by atoms with van der Waals surface area (Å²) in [5, 5.41) is 12.3. The number of nitrogens with one attached hydrogen (secondary N) is 1. The first-order valence-electron chi connectivity index (χ1n) is 9.83. The van der Waals surface area contributed by atoms with Crippen LogP contribution in [0.5, 0.6) is 0 Å². The Morgan fingerprint density at radius 1 is 1.16 bits per heavy atom. The van der Waals surface area contributed by atoms with Crippen molar-refractivity contribution in [3.8, 4) is 0 Å². The van der Waals surface area contributed by atoms with Crippen molar-refractivity contribution in [2.75, 3.05) is 21.6 Å². The van der Waals surface area contributed by atoms with Crippen molar-refractivity contribution in [1.29, 1.82) is 0 Å². The van der Waals surface area contributed by atoms with Gasteiger partial charge in [0.25, 0.3) is 0 Å². The minimum absolute atomic E-state index is 0.0398. The largest absolute Gasteiger partial charge is 0.325 e. The van der Waals surface area contributed by atoms with Gasteiger partial charge in [-0.25, -0.2) is 8.42 Å². The lowest BCUT2D eigenvalue weighted by molar-refractivity contribution is -0.113. The molecule has 0 spiro atoms. The molecule has 0 fully saturated rings. The summed E-state index contributed by atoms with van der Waals surface area (Å²) in [6, 6.07) is 14.2. The predicted octanol–water partition coefficient (Wildman–Crippen LogP) is 3.96. The molecule has 32 heavy (non-hydrogen) atoms. The van der Waals surface area contributed by atoms with Gasteiger partial charge >= 0.3 is 0 Å². The summed E-state index contributed by atoms with van der Waals surface area (Å²) in [6.07, 6.45) is 1.16. The van der Waals surface area contributed by atoms with Gasteiger partial charge in [-0.1, -0.05) is 47.6 Å². The van der Waals surface area contributed by atoms with E-state index in [2.05, 4.69) is 15.5 Å². The molecule has 0 unspecified atom stereocenters. The summed E-state index contributed by atoms with van der Waals surface area (Å²) in [7, 11) is -3.53. The average molecular weight is 494 g/mol. The molecule has 1 aromatic heterocycles. The number of para-hydroxylation sites is 1. The van der Waals surface area contributed by atoms with Crippen molar-refractivity contribution >= 4 is 50.7 Å². The third kappa shape index (κ3) is 5.81. The van der Waals surface area contributed by atoms with Gasteiger partial charge in [0.05, 0.1) is 24.2 Å². The first-order valence-corrected chi connectivity index (χ1v) is 13.0. The van der Waals surface area contributed by atoms with Crippen molar-refractivity contribution in [1.82, 2.24) is 14.8 Å². The molecule has 11 heteroatoms. The van der Waals surface area contributed by atoms with E-state index in [4.69, 9.17) is 11.6 Å². The number of carbonyl (C=O) groups is 1. The molecule has 0 bridgehead atoms. The second-order valence-electron chi connectivity index (χ2n) is 7.00. The maximum Gasteiger partial charge on any atom is 0.234 e. The van der Waals surface area contributed by atoms with Crippen molar-refractivity contribution in [3.63, 3.8) is 0 Å². The van der Waals surface area contributed by atoms with Gasteiger partial charge in [-0.3, -0.25) is 9.10 Å². The van der Waals surface area contributed by atoms with Crippen LogP contribution in [0.2, 0.25) is 5.02 Å². The van der Waals surface area contributed by atoms with E-state index in [9.17, 15) is 13.2 Å². The smallest absolute Gasteiger partial charge is 0.234 e. The molecule has 0 aliphatic carbocycles. The predicted molar refractivity (Wildman–Crippen MR) is 129 cm³/mol. The summed E-state index contributed by atoms with van der Waals surface area (Å²) in [5.41, 5.74) is 2.01. The van der Waals surface area contributed by atoms with Crippen LogP contribution in [0.1, 0.15) is 18.3 Å². The molecule has 0 aliphatic heterocycles. The van der Waals surface area contributed by atoms with Gasteiger partial charge in [0.15, 0.2) is 11.0 Å². The number of hydrogen-bond acceptors (Lipinski definition) is 6. The molecule has 0 atom stereocenters. The zero-order valence-electron chi connectivity index (χ0n) is 17.9. The number of carbonyl (C=O) groups excluding carboxylic acids is 1. The molecule has 0 saturated heterocycles. The van der Waals surface area contributed by atoms with E-state index in [0.29, 0.717) is 33.9 Å². The Hall–Kier alpha value is -2.56. The van der Waals surface area contributed by atoms with Crippen LogP contribution in [0.4, 0.5) is 11.4 Å². The number of thioether (sulfide) groups is 1. The molecule has 3 aromatic rings. The zero-order valence-corrected chi connectivity index (χ0v) is 20.3. The molecule has 1 N–H and O–H groups in total. The lowest BCUT2D eigenvalue weighted by Crippen LogP contribution is -2.30. The van der Waals surface area contributed by atoms with Gasteiger partial charge in [0.2, 0.25) is 15.9 Å². The first-order chi connectivity index (χ1) is 15.2. The Morgan fingerprint density at radius 3 is 2.53 bits per heavy atom. The Labute approximate surface area is 197 Å². The number of halogens is 1. The monoisotopic (exact) mass is 493 g/mol. The normalized spacial score (nSPS) is 11.4. The third-order valence-electron chi connectivity index (χ3n) is 4.71. The molecule has 3 rings (SSSR count). The fraction of sp³-hybridized carbons (Fsp3) is 0.286. The number of aromatic nitrogens is 3. The highest BCUT2D eigenvalue weighted by Gasteiger charge is 2.22. The number of amides is 1. The topological polar surface area (TPSA) is 97.2 Å². The Bertz CT molecular complexity index is 1200. The van der Waals surface area contributed by atoms with Crippen LogP contribution in [0.15, 0.2) is 53.7 Å². The number of nitrogens with zero attached hydrogens (tertiary/aromatic N) is 4. The first kappa shape index (κ1) is 24.1. The molecule has 8 nitrogen and oxygen atoms in total. The van der Waals surface area contributed by atoms with Gasteiger partial charge in [0, 0.05) is 17.3 Å². The van der Waals surface area contributed by atoms with Crippen LogP contribution in [0, 0.1) is 6.92 Å². The number of hydrogen-bond donors (Lipinski definition) is 1. The summed E-state index contributed by atoms with van der Waals surface area (Å²) >= 11 is 7.34. The van der Waals surface area contributed by atoms with Crippen molar-refractivity contribution in [2.45, 2.75) is 32.1 Å². The zero-order chi connectivity index (χ0) is 23.3. The maximum absolute atomic E-state index is 12.4. The Kier molecular flexibility index (Phi) is 7.81. The standard InChI is InChI=1S/C21H24ClN5O3S2/c1-4-26-19(13-27(32(3,29)30)16-9-6-5-7-10-16)24-25-21(26)31-14-20(28)23-18-12-8-11-17(22)15(18)2/h5-12H,4,13-14H2,1-3H3,(H,23,28). The van der Waals surface area contributed by atoms with E-state index in [1.54, 1.807) is 42.5 Å². The van der Waals surface area contributed by atoms with Crippen molar-refractivity contribution < 1.29 is 13.2 Å². The van der Waals surface area contributed by atoms with Crippen LogP contribution >= 0.6 is 23.4 Å². The minimum atomic E-state index is -3.53. The van der Waals surface area contributed by atoms with E-state index < -0.39 is 10.0 Å². The second-order valence-corrected chi connectivity index (χ2v) is 10.3. The summed E-state index contributed by atoms with van der Waals surface area (Å²) < 4.78 is 27.9. The molecule has 0 saturated carbocycles. The van der Waals surface area contributed by atoms with E-state index in [-0.39, 0.29) is 18.2 Å². The molecule has 1 heterocycles. The highest BCUT2D eigenvalue weighted by Crippen LogP contribution is 2.25. The lowest BCUT2D eigenvalue weighted by Gasteiger charge is -2.22. The highest BCUT2D eigenvalue weighted by molar-refractivity contribution is 7.99. The summed E-state index contributed by atoms with van der Waals surface area (Å²) in [6.45, 7) is 4.33. The van der Waals surface area contributed by atoms with Crippen LogP contribution < -0.4 is 9.62 Å². The highest BCUT2D eigenvalue weighted by atomic mass is 35.5. The lowest BCUT2D eigenvalue weighted by atomic mass is 10.2. The van der Waals surface area contributed by atoms with E-state index in [1.807, 2.05) is 24.5 Å². The summed E-state index contributed by atoms with van der Waals surface area (Å²) in [5.74, 6) is 0.420. The van der Waals surface area contributed by atoms with Crippen LogP contribution in [-0.4, -0.2) is 41.1 Å². The number of benzene rings is 2. The van der Waals surface area contributed by atoms with Crippen LogP contribution in [-0.2, 0) is 27.9 Å². The quantitative estimate of drug-likeness (QED) is 0.453. The van der Waals surface area contributed by atoms with E-state index in [1.165, 1.54) is 16.1 Å². The molecular weight excluding hydrogens is 470 g/mol. The number of sulfonamides is 1. The van der Waals surface area contributed by atoms with Gasteiger partial charge in [0.1, 0.15) is 0 Å². The average Bonchev–Trinajstić information content (AvgIpc) is 3.15. The summed E-state index contributed by atoms with van der Waals surface area (Å²) in [4.78, 5) is 12.4. The fourth-order valence-corrected chi connectivity index (χ4v) is 4.89. The Balaban J connectivity index is 1.73. The maximum atomic E-state index is 12.4. The number of rotatable bonds is 9. The minimum Gasteiger partial charge on any atom is -0.325 e. The van der Waals surface area contributed by atoms with Gasteiger partial charge < -0.3 is 9.88 Å². The number of anilines is 2. The van der Waals surface area contributed by atoms with Crippen molar-refractivity contribution in [3.05, 3.63) is 64.9 Å². The van der Waals surface area contributed by atoms with Gasteiger partial charge in [-0.15, -0.1) is 10.2 Å². The van der Waals surface area contributed by atoms with Crippen LogP contribution in [0.3, 0.4) is 0 Å². The van der Waals surface area contributed by atoms with Gasteiger partial charge in [-0.05, 0) is 43.7 Å². The second kappa shape index (κ2) is 10.4. The Morgan fingerprint density at radius 2 is 1.88 bits per heavy atom. The fourth-order valence-electron chi connectivity index (χ4n) is 3.04. The van der Waals surface area contributed by atoms with Gasteiger partial charge in [-0.2, -0.15) is 0 Å². The van der Waals surface area contributed by atoms with E-state index in [0.717, 1.165) is 11.8 Å². The molecular formula is C21H24ClN5O3S2. The molecule has 0 aliphatic rings. The molecule has 2 aromatic carbocycles. The molecule has 170 valence electrons. The van der Waals surface area contributed by atoms with E-state index >= 15 is 0 Å². The SMILES string of the molecule is CCn1c(CN(c2ccccc2)S(C)(=O)=O)nnc1SCC(=O)Nc1cccc(Cl)c1C. The molecule has 1 amide bonds. The van der Waals surface area contributed by atoms with Crippen molar-refractivity contribution in [2.24, 2.45) is 0 Å². The third-order valence-corrected chi connectivity index (χ3v) is 7.23. The van der Waals surface area contributed by atoms with Crippen LogP contribution in [0.25, 0.3) is 0 Å². The molecule has 0 radical (unpaired) electrons.